The molecule has 0 bridgehead atoms. The summed E-state index contributed by atoms with van der Waals surface area (Å²) in [6.45, 7) is 11.1. The fourth-order valence-electron chi connectivity index (χ4n) is 3.52. The predicted molar refractivity (Wildman–Crippen MR) is 102 cm³/mol. The van der Waals surface area contributed by atoms with E-state index >= 15 is 0 Å². The van der Waals surface area contributed by atoms with E-state index in [1.165, 1.54) is 0 Å². The van der Waals surface area contributed by atoms with Gasteiger partial charge in [-0.3, -0.25) is 9.69 Å². The predicted octanol–water partition coefficient (Wildman–Crippen LogP) is 0.428. The molecule has 142 valence electrons. The van der Waals surface area contributed by atoms with Gasteiger partial charge in [0.05, 0.1) is 12.2 Å². The lowest BCUT2D eigenvalue weighted by molar-refractivity contribution is 0.241. The maximum atomic E-state index is 11.9. The van der Waals surface area contributed by atoms with Gasteiger partial charge in [0.1, 0.15) is 12.1 Å². The molecule has 0 unspecified atom stereocenters. The number of aryl methyl sites for hydroxylation is 2. The van der Waals surface area contributed by atoms with Gasteiger partial charge in [-0.15, -0.1) is 0 Å². The van der Waals surface area contributed by atoms with Crippen LogP contribution >= 0.6 is 0 Å². The van der Waals surface area contributed by atoms with E-state index in [1.54, 1.807) is 23.1 Å². The summed E-state index contributed by atoms with van der Waals surface area (Å²) in [7, 11) is 0. The number of fused-ring (bicyclic) bond motifs is 1. The Kier molecular flexibility index (Phi) is 4.61. The van der Waals surface area contributed by atoms with Crippen LogP contribution in [0, 0.1) is 20.8 Å². The maximum absolute atomic E-state index is 11.9. The molecule has 1 fully saturated rings. The van der Waals surface area contributed by atoms with E-state index in [0.29, 0.717) is 12.3 Å². The molecule has 9 heteroatoms. The van der Waals surface area contributed by atoms with E-state index in [1.807, 2.05) is 18.4 Å². The molecule has 0 N–H and O–H groups in total. The summed E-state index contributed by atoms with van der Waals surface area (Å²) in [6, 6.07) is 3.33. The minimum absolute atomic E-state index is 0.0457. The maximum Gasteiger partial charge on any atom is 0.266 e. The second-order valence-corrected chi connectivity index (χ2v) is 6.98. The zero-order valence-electron chi connectivity index (χ0n) is 16.0. The number of anilines is 1. The van der Waals surface area contributed by atoms with E-state index in [0.717, 1.165) is 55.5 Å². The van der Waals surface area contributed by atoms with Crippen LogP contribution in [0.15, 0.2) is 23.3 Å². The van der Waals surface area contributed by atoms with Crippen LogP contribution < -0.4 is 10.5 Å². The van der Waals surface area contributed by atoms with Crippen molar-refractivity contribution in [2.75, 3.05) is 37.6 Å². The van der Waals surface area contributed by atoms with Crippen molar-refractivity contribution in [2.45, 2.75) is 27.3 Å². The van der Waals surface area contributed by atoms with Crippen molar-refractivity contribution in [3.05, 3.63) is 45.8 Å². The molecule has 4 heterocycles. The van der Waals surface area contributed by atoms with Gasteiger partial charge in [-0.05, 0) is 26.8 Å². The molecule has 1 aliphatic rings. The van der Waals surface area contributed by atoms with Crippen LogP contribution in [-0.2, 0) is 6.54 Å². The molecule has 0 atom stereocenters. The molecule has 27 heavy (non-hydrogen) atoms. The molecule has 0 saturated carbocycles. The number of hydrogen-bond donors (Lipinski definition) is 0. The highest BCUT2D eigenvalue weighted by atomic mass is 16.1. The molecule has 3 aromatic heterocycles. The second kappa shape index (κ2) is 7.07. The minimum atomic E-state index is -0.0457. The number of aromatic nitrogens is 6. The summed E-state index contributed by atoms with van der Waals surface area (Å²) in [5, 5.41) is 8.66. The third-order valence-electron chi connectivity index (χ3n) is 5.18. The van der Waals surface area contributed by atoms with Crippen molar-refractivity contribution in [3.8, 4) is 0 Å². The van der Waals surface area contributed by atoms with Gasteiger partial charge < -0.3 is 4.90 Å². The molecular weight excluding hydrogens is 344 g/mol. The highest BCUT2D eigenvalue weighted by Gasteiger charge is 2.22. The smallest absolute Gasteiger partial charge is 0.266 e. The van der Waals surface area contributed by atoms with Gasteiger partial charge in [0.2, 0.25) is 0 Å². The molecule has 0 aromatic carbocycles. The average Bonchev–Trinajstić information content (AvgIpc) is 3.12. The highest BCUT2D eigenvalue weighted by Crippen LogP contribution is 2.23. The zero-order valence-corrected chi connectivity index (χ0v) is 16.0. The fourth-order valence-corrected chi connectivity index (χ4v) is 3.52. The Bertz CT molecular complexity index is 1020. The minimum Gasteiger partial charge on any atom is -0.354 e. The Hall–Kier alpha value is -2.81. The number of nitrogens with zero attached hydrogens (tertiary/aromatic N) is 8. The van der Waals surface area contributed by atoms with Gasteiger partial charge in [0.15, 0.2) is 0 Å². The van der Waals surface area contributed by atoms with Crippen LogP contribution in [0.5, 0.6) is 0 Å². The zero-order chi connectivity index (χ0) is 19.0. The first kappa shape index (κ1) is 17.6. The number of hydrogen-bond acceptors (Lipinski definition) is 7. The quantitative estimate of drug-likeness (QED) is 0.660. The molecule has 3 aromatic rings. The van der Waals surface area contributed by atoms with E-state index in [2.05, 4.69) is 36.9 Å². The standard InChI is InChI=1S/C18H24N8O/c1-13-4-5-16(27)25(22-13)11-8-23-6-9-24(10-7-23)17-14(2)15(3)21-18-19-12-20-26(17)18/h4-5,12H,6-11H2,1-3H3. The van der Waals surface area contributed by atoms with Crippen LogP contribution in [0.3, 0.4) is 0 Å². The molecule has 0 aliphatic carbocycles. The van der Waals surface area contributed by atoms with E-state index < -0.39 is 0 Å². The summed E-state index contributed by atoms with van der Waals surface area (Å²) in [6.07, 6.45) is 1.55. The van der Waals surface area contributed by atoms with Crippen LogP contribution in [0.25, 0.3) is 5.78 Å². The van der Waals surface area contributed by atoms with Gasteiger partial charge >= 0.3 is 0 Å². The normalized spacial score (nSPS) is 15.6. The summed E-state index contributed by atoms with van der Waals surface area (Å²) >= 11 is 0. The lowest BCUT2D eigenvalue weighted by Crippen LogP contribution is -2.48. The van der Waals surface area contributed by atoms with Gasteiger partial charge in [-0.1, -0.05) is 0 Å². The molecule has 0 amide bonds. The van der Waals surface area contributed by atoms with Crippen molar-refractivity contribution in [1.82, 2.24) is 34.3 Å². The first-order valence-corrected chi connectivity index (χ1v) is 9.22. The molecule has 4 rings (SSSR count). The Morgan fingerprint density at radius 1 is 1.04 bits per heavy atom. The fraction of sp³-hybridized carbons (Fsp3) is 0.500. The number of rotatable bonds is 4. The first-order chi connectivity index (χ1) is 13.0. The van der Waals surface area contributed by atoms with E-state index in [-0.39, 0.29) is 5.56 Å². The number of piperazine rings is 1. The molecule has 9 nitrogen and oxygen atoms in total. The lowest BCUT2D eigenvalue weighted by atomic mass is 10.2. The van der Waals surface area contributed by atoms with Crippen molar-refractivity contribution in [2.24, 2.45) is 0 Å². The third kappa shape index (κ3) is 3.42. The monoisotopic (exact) mass is 368 g/mol. The molecule has 1 saturated heterocycles. The topological polar surface area (TPSA) is 84.5 Å². The second-order valence-electron chi connectivity index (χ2n) is 6.98. The summed E-state index contributed by atoms with van der Waals surface area (Å²) in [5.74, 6) is 1.71. The highest BCUT2D eigenvalue weighted by molar-refractivity contribution is 5.54. The molecule has 1 aliphatic heterocycles. The van der Waals surface area contributed by atoms with Crippen molar-refractivity contribution < 1.29 is 0 Å². The van der Waals surface area contributed by atoms with Crippen molar-refractivity contribution in [3.63, 3.8) is 0 Å². The van der Waals surface area contributed by atoms with Crippen LogP contribution in [-0.4, -0.2) is 67.0 Å². The Balaban J connectivity index is 1.44. The van der Waals surface area contributed by atoms with E-state index in [4.69, 9.17) is 0 Å². The summed E-state index contributed by atoms with van der Waals surface area (Å²) < 4.78 is 3.38. The summed E-state index contributed by atoms with van der Waals surface area (Å²) in [4.78, 5) is 25.3. The van der Waals surface area contributed by atoms with Crippen LogP contribution in [0.2, 0.25) is 0 Å². The Labute approximate surface area is 157 Å². The largest absolute Gasteiger partial charge is 0.354 e. The Morgan fingerprint density at radius 2 is 1.81 bits per heavy atom. The third-order valence-corrected chi connectivity index (χ3v) is 5.18. The van der Waals surface area contributed by atoms with Crippen LogP contribution in [0.1, 0.15) is 17.0 Å². The molecule has 0 radical (unpaired) electrons. The van der Waals surface area contributed by atoms with Gasteiger partial charge in [-0.25, -0.2) is 9.67 Å². The van der Waals surface area contributed by atoms with Gasteiger partial charge in [0, 0.05) is 50.0 Å². The Morgan fingerprint density at radius 3 is 2.59 bits per heavy atom. The SMILES string of the molecule is Cc1ccc(=O)n(CCN2CCN(c3c(C)c(C)nc4ncnn34)CC2)n1. The van der Waals surface area contributed by atoms with Crippen molar-refractivity contribution >= 4 is 11.6 Å². The van der Waals surface area contributed by atoms with Gasteiger partial charge in [-0.2, -0.15) is 19.7 Å². The molecule has 0 spiro atoms. The lowest BCUT2D eigenvalue weighted by Gasteiger charge is -2.36. The summed E-state index contributed by atoms with van der Waals surface area (Å²) in [5.41, 5.74) is 2.94. The van der Waals surface area contributed by atoms with Crippen LogP contribution in [0.4, 0.5) is 5.82 Å². The van der Waals surface area contributed by atoms with E-state index in [9.17, 15) is 4.79 Å². The first-order valence-electron chi connectivity index (χ1n) is 9.22. The molecular formula is C18H24N8O. The van der Waals surface area contributed by atoms with Gasteiger partial charge in [0.25, 0.3) is 11.3 Å². The van der Waals surface area contributed by atoms with Crippen molar-refractivity contribution in [1.29, 1.82) is 0 Å². The average molecular weight is 368 g/mol.